The van der Waals surface area contributed by atoms with Gasteiger partial charge in [0.1, 0.15) is 0 Å². The van der Waals surface area contributed by atoms with Gasteiger partial charge in [0.2, 0.25) is 0 Å². The van der Waals surface area contributed by atoms with Gasteiger partial charge in [0.25, 0.3) is 0 Å². The summed E-state index contributed by atoms with van der Waals surface area (Å²) in [5, 5.41) is 0. The third-order valence-electron chi connectivity index (χ3n) is 1.15. The van der Waals surface area contributed by atoms with Crippen molar-refractivity contribution in [2.24, 2.45) is 0 Å². The molecule has 0 aromatic heterocycles. The summed E-state index contributed by atoms with van der Waals surface area (Å²) in [6.07, 6.45) is 0. The molecule has 0 aliphatic heterocycles. The normalized spacial score (nSPS) is 12.0. The highest BCUT2D eigenvalue weighted by Crippen LogP contribution is 2.11. The monoisotopic (exact) mass is 372 g/mol. The van der Waals surface area contributed by atoms with Crippen molar-refractivity contribution >= 4 is 53.7 Å². The van der Waals surface area contributed by atoms with Crippen LogP contribution in [0.25, 0.3) is 0 Å². The van der Waals surface area contributed by atoms with Crippen LogP contribution in [-0.2, 0) is 8.85 Å². The van der Waals surface area contributed by atoms with Crippen LogP contribution in [0.5, 0.6) is 0 Å². The van der Waals surface area contributed by atoms with Crippen molar-refractivity contribution in [1.82, 2.24) is 0 Å². The molecular formula is C4H10I2O2Si. The van der Waals surface area contributed by atoms with E-state index in [0.717, 1.165) is 8.10 Å². The van der Waals surface area contributed by atoms with E-state index < -0.39 is 8.56 Å². The fourth-order valence-electron chi connectivity index (χ4n) is 0.337. The lowest BCUT2D eigenvalue weighted by Crippen LogP contribution is -2.44. The molecule has 0 aliphatic rings. The van der Waals surface area contributed by atoms with E-state index in [4.69, 9.17) is 8.85 Å². The summed E-state index contributed by atoms with van der Waals surface area (Å²) < 4.78 is 12.6. The molecule has 0 aromatic carbocycles. The Hall–Kier alpha value is 1.60. The summed E-state index contributed by atoms with van der Waals surface area (Å²) in [6, 6.07) is 0. The van der Waals surface area contributed by atoms with Crippen LogP contribution in [-0.4, -0.2) is 30.9 Å². The van der Waals surface area contributed by atoms with E-state index >= 15 is 0 Å². The summed E-state index contributed by atoms with van der Waals surface area (Å²) >= 11 is 4.62. The summed E-state index contributed by atoms with van der Waals surface area (Å²) in [7, 11) is 1.74. The van der Waals surface area contributed by atoms with Crippen LogP contribution < -0.4 is 0 Å². The van der Waals surface area contributed by atoms with Crippen LogP contribution in [0.3, 0.4) is 0 Å². The molecule has 2 nitrogen and oxygen atoms in total. The Balaban J connectivity index is 3.82. The van der Waals surface area contributed by atoms with Gasteiger partial charge in [-0.05, 0) is 0 Å². The Labute approximate surface area is 84.2 Å². The van der Waals surface area contributed by atoms with E-state index in [0.29, 0.717) is 0 Å². The third kappa shape index (κ3) is 3.00. The first-order valence-corrected chi connectivity index (χ1v) is 7.75. The molecule has 5 heteroatoms. The van der Waals surface area contributed by atoms with Crippen LogP contribution in [0.1, 0.15) is 0 Å². The first-order chi connectivity index (χ1) is 4.24. The van der Waals surface area contributed by atoms with Gasteiger partial charge in [-0.1, -0.05) is 45.2 Å². The Morgan fingerprint density at radius 1 is 1.11 bits per heavy atom. The van der Waals surface area contributed by atoms with E-state index in [-0.39, 0.29) is 0 Å². The second-order valence-corrected chi connectivity index (χ2v) is 9.34. The van der Waals surface area contributed by atoms with Crippen molar-refractivity contribution in [3.63, 3.8) is 0 Å². The van der Waals surface area contributed by atoms with Crippen LogP contribution in [0.15, 0.2) is 0 Å². The lowest BCUT2D eigenvalue weighted by Gasteiger charge is -2.21. The van der Waals surface area contributed by atoms with Crippen LogP contribution in [0, 0.1) is 0 Å². The lowest BCUT2D eigenvalue weighted by atomic mass is 11.8. The third-order valence-corrected chi connectivity index (χ3v) is 10.4. The van der Waals surface area contributed by atoms with Gasteiger partial charge in [-0.15, -0.1) is 0 Å². The topological polar surface area (TPSA) is 18.5 Å². The number of hydrogen-bond donors (Lipinski definition) is 0. The first-order valence-electron chi connectivity index (χ1n) is 2.47. The van der Waals surface area contributed by atoms with E-state index in [1.807, 2.05) is 0 Å². The molecule has 0 heterocycles. The molecule has 0 radical (unpaired) electrons. The summed E-state index contributed by atoms with van der Waals surface area (Å²) in [6.45, 7) is 0. The van der Waals surface area contributed by atoms with Gasteiger partial charge in [0, 0.05) is 22.3 Å². The summed E-state index contributed by atoms with van der Waals surface area (Å²) in [5.74, 6) is 0. The Morgan fingerprint density at radius 3 is 1.44 bits per heavy atom. The molecule has 0 fully saturated rings. The van der Waals surface area contributed by atoms with Crippen molar-refractivity contribution in [3.8, 4) is 0 Å². The van der Waals surface area contributed by atoms with Gasteiger partial charge >= 0.3 is 8.56 Å². The smallest absolute Gasteiger partial charge is 0.357 e. The number of halogens is 2. The molecule has 0 spiro atoms. The zero-order chi connectivity index (χ0) is 7.33. The van der Waals surface area contributed by atoms with E-state index in [2.05, 4.69) is 45.2 Å². The largest absolute Gasteiger partial charge is 0.397 e. The highest BCUT2D eigenvalue weighted by atomic mass is 127. The lowest BCUT2D eigenvalue weighted by molar-refractivity contribution is 0.257. The van der Waals surface area contributed by atoms with Crippen LogP contribution >= 0.6 is 45.2 Å². The maximum atomic E-state index is 5.29. The molecule has 0 amide bonds. The zero-order valence-corrected chi connectivity index (χ0v) is 10.8. The molecule has 0 aliphatic carbocycles. The first kappa shape index (κ1) is 10.6. The predicted molar refractivity (Wildman–Crippen MR) is 57.5 cm³/mol. The number of rotatable bonds is 4. The van der Waals surface area contributed by atoms with Crippen molar-refractivity contribution in [2.45, 2.75) is 0 Å². The van der Waals surface area contributed by atoms with Gasteiger partial charge in [0.15, 0.2) is 0 Å². The van der Waals surface area contributed by atoms with Crippen molar-refractivity contribution < 1.29 is 8.85 Å². The van der Waals surface area contributed by atoms with Crippen molar-refractivity contribution in [3.05, 3.63) is 0 Å². The second kappa shape index (κ2) is 5.27. The molecule has 56 valence electrons. The maximum Gasteiger partial charge on any atom is 0.357 e. The van der Waals surface area contributed by atoms with Crippen LogP contribution in [0.2, 0.25) is 0 Å². The highest BCUT2D eigenvalue weighted by Gasteiger charge is 2.32. The molecule has 0 saturated heterocycles. The van der Waals surface area contributed by atoms with E-state index in [1.54, 1.807) is 14.2 Å². The molecule has 0 unspecified atom stereocenters. The Kier molecular flexibility index (Phi) is 6.21. The summed E-state index contributed by atoms with van der Waals surface area (Å²) in [5.41, 5.74) is 0. The SMILES string of the molecule is CO[Si](CI)(CI)OC. The van der Waals surface area contributed by atoms with Gasteiger partial charge in [0.05, 0.1) is 0 Å². The maximum absolute atomic E-state index is 5.29. The van der Waals surface area contributed by atoms with E-state index in [9.17, 15) is 0 Å². The minimum atomic E-state index is -1.72. The molecule has 0 bridgehead atoms. The molecule has 9 heavy (non-hydrogen) atoms. The van der Waals surface area contributed by atoms with E-state index in [1.165, 1.54) is 0 Å². The fourth-order valence-corrected chi connectivity index (χ4v) is 9.46. The number of hydrogen-bond acceptors (Lipinski definition) is 2. The fraction of sp³-hybridized carbons (Fsp3) is 1.00. The zero-order valence-electron chi connectivity index (χ0n) is 5.49. The minimum Gasteiger partial charge on any atom is -0.397 e. The Bertz CT molecular complexity index is 59.5. The van der Waals surface area contributed by atoms with Gasteiger partial charge in [-0.3, -0.25) is 0 Å². The minimum absolute atomic E-state index is 1.00. The van der Waals surface area contributed by atoms with Gasteiger partial charge in [-0.25, -0.2) is 0 Å². The van der Waals surface area contributed by atoms with Crippen molar-refractivity contribution in [1.29, 1.82) is 0 Å². The quantitative estimate of drug-likeness (QED) is 0.425. The molecule has 0 saturated carbocycles. The molecule has 0 N–H and O–H groups in total. The average molecular weight is 372 g/mol. The van der Waals surface area contributed by atoms with Crippen molar-refractivity contribution in [2.75, 3.05) is 22.3 Å². The molecule has 0 atom stereocenters. The second-order valence-electron chi connectivity index (χ2n) is 1.59. The van der Waals surface area contributed by atoms with Crippen LogP contribution in [0.4, 0.5) is 0 Å². The van der Waals surface area contributed by atoms with Gasteiger partial charge in [-0.2, -0.15) is 0 Å². The highest BCUT2D eigenvalue weighted by molar-refractivity contribution is 14.1. The Morgan fingerprint density at radius 2 is 1.44 bits per heavy atom. The standard InChI is InChI=1S/C4H10I2O2Si/c1-7-9(3-5,4-6)8-2/h3-4H2,1-2H3. The number of alkyl halides is 2. The predicted octanol–water partition coefficient (Wildman–Crippen LogP) is 1.67. The van der Waals surface area contributed by atoms with Gasteiger partial charge < -0.3 is 8.85 Å². The average Bonchev–Trinajstić information content (AvgIpc) is 1.95. The molecule has 0 aromatic rings. The summed E-state index contributed by atoms with van der Waals surface area (Å²) in [4.78, 5) is 0. The molecular weight excluding hydrogens is 362 g/mol. The molecule has 0 rings (SSSR count).